The first kappa shape index (κ1) is 14.0. The van der Waals surface area contributed by atoms with Crippen LogP contribution < -0.4 is 10.1 Å². The lowest BCUT2D eigenvalue weighted by atomic mass is 10.2. The summed E-state index contributed by atoms with van der Waals surface area (Å²) < 4.78 is 5.40. The summed E-state index contributed by atoms with van der Waals surface area (Å²) >= 11 is 0. The molecule has 0 aliphatic carbocycles. The van der Waals surface area contributed by atoms with Crippen LogP contribution in [0.5, 0.6) is 5.75 Å². The standard InChI is InChI=1S/C13H21NO3/c1-2-11(15)8-14-9-12(16)10-17-13-6-4-3-5-7-13/h3-7,11-12,14-16H,2,8-10H2,1H3. The minimum Gasteiger partial charge on any atom is -0.491 e. The smallest absolute Gasteiger partial charge is 0.119 e. The van der Waals surface area contributed by atoms with Gasteiger partial charge in [0.15, 0.2) is 0 Å². The third-order valence-corrected chi connectivity index (χ3v) is 2.42. The first-order valence-corrected chi connectivity index (χ1v) is 5.97. The van der Waals surface area contributed by atoms with Crippen LogP contribution in [0.1, 0.15) is 13.3 Å². The lowest BCUT2D eigenvalue weighted by Crippen LogP contribution is -2.35. The van der Waals surface area contributed by atoms with Crippen LogP contribution in [-0.2, 0) is 0 Å². The highest BCUT2D eigenvalue weighted by Crippen LogP contribution is 2.08. The Balaban J connectivity index is 2.11. The second kappa shape index (κ2) is 8.06. The number of aliphatic hydroxyl groups is 2. The predicted molar refractivity (Wildman–Crippen MR) is 67.1 cm³/mol. The van der Waals surface area contributed by atoms with Crippen molar-refractivity contribution in [3.05, 3.63) is 30.3 Å². The molecule has 0 heterocycles. The van der Waals surface area contributed by atoms with Crippen molar-refractivity contribution in [1.29, 1.82) is 0 Å². The van der Waals surface area contributed by atoms with E-state index in [1.807, 2.05) is 37.3 Å². The summed E-state index contributed by atoms with van der Waals surface area (Å²) in [6, 6.07) is 9.38. The van der Waals surface area contributed by atoms with Crippen LogP contribution in [0.3, 0.4) is 0 Å². The Morgan fingerprint density at radius 1 is 1.12 bits per heavy atom. The third kappa shape index (κ3) is 6.26. The highest BCUT2D eigenvalue weighted by atomic mass is 16.5. The zero-order chi connectivity index (χ0) is 12.5. The number of hydrogen-bond donors (Lipinski definition) is 3. The SMILES string of the molecule is CCC(O)CNCC(O)COc1ccccc1. The Labute approximate surface area is 102 Å². The molecule has 0 aliphatic rings. The van der Waals surface area contributed by atoms with Crippen molar-refractivity contribution >= 4 is 0 Å². The van der Waals surface area contributed by atoms with E-state index in [4.69, 9.17) is 4.74 Å². The summed E-state index contributed by atoms with van der Waals surface area (Å²) in [6.45, 7) is 3.09. The maximum absolute atomic E-state index is 9.63. The normalized spacial score (nSPS) is 14.3. The Bertz CT molecular complexity index is 292. The number of ether oxygens (including phenoxy) is 1. The fourth-order valence-corrected chi connectivity index (χ4v) is 1.33. The third-order valence-electron chi connectivity index (χ3n) is 2.42. The summed E-state index contributed by atoms with van der Waals surface area (Å²) in [7, 11) is 0. The molecule has 0 spiro atoms. The van der Waals surface area contributed by atoms with Gasteiger partial charge in [-0.1, -0.05) is 25.1 Å². The van der Waals surface area contributed by atoms with Crippen LogP contribution in [0.4, 0.5) is 0 Å². The molecular formula is C13H21NO3. The molecular weight excluding hydrogens is 218 g/mol. The second-order valence-corrected chi connectivity index (χ2v) is 4.00. The van der Waals surface area contributed by atoms with Crippen molar-refractivity contribution in [1.82, 2.24) is 5.32 Å². The Kier molecular flexibility index (Phi) is 6.62. The largest absolute Gasteiger partial charge is 0.491 e. The fraction of sp³-hybridized carbons (Fsp3) is 0.538. The van der Waals surface area contributed by atoms with Crippen LogP contribution in [0, 0.1) is 0 Å². The second-order valence-electron chi connectivity index (χ2n) is 4.00. The van der Waals surface area contributed by atoms with Gasteiger partial charge in [0.1, 0.15) is 18.5 Å². The monoisotopic (exact) mass is 239 g/mol. The maximum Gasteiger partial charge on any atom is 0.119 e. The van der Waals surface area contributed by atoms with Crippen LogP contribution in [0.2, 0.25) is 0 Å². The average Bonchev–Trinajstić information content (AvgIpc) is 2.37. The molecule has 1 rings (SSSR count). The molecule has 0 aromatic heterocycles. The summed E-state index contributed by atoms with van der Waals surface area (Å²) in [5.74, 6) is 0.750. The molecule has 1 aromatic carbocycles. The number of aliphatic hydroxyl groups excluding tert-OH is 2. The molecule has 3 N–H and O–H groups in total. The minimum absolute atomic E-state index is 0.249. The van der Waals surface area contributed by atoms with E-state index >= 15 is 0 Å². The fourth-order valence-electron chi connectivity index (χ4n) is 1.33. The molecule has 0 amide bonds. The summed E-state index contributed by atoms with van der Waals surface area (Å²) in [5, 5.41) is 21.9. The van der Waals surface area contributed by atoms with Crippen LogP contribution in [-0.4, -0.2) is 42.1 Å². The zero-order valence-corrected chi connectivity index (χ0v) is 10.2. The van der Waals surface area contributed by atoms with E-state index in [0.29, 0.717) is 19.5 Å². The van der Waals surface area contributed by atoms with Gasteiger partial charge in [-0.2, -0.15) is 0 Å². The lowest BCUT2D eigenvalue weighted by Gasteiger charge is -2.14. The van der Waals surface area contributed by atoms with E-state index in [2.05, 4.69) is 5.32 Å². The topological polar surface area (TPSA) is 61.7 Å². The molecule has 0 saturated carbocycles. The maximum atomic E-state index is 9.63. The van der Waals surface area contributed by atoms with Crippen molar-refractivity contribution in [2.24, 2.45) is 0 Å². The summed E-state index contributed by atoms with van der Waals surface area (Å²) in [4.78, 5) is 0. The van der Waals surface area contributed by atoms with E-state index in [9.17, 15) is 10.2 Å². The lowest BCUT2D eigenvalue weighted by molar-refractivity contribution is 0.0992. The van der Waals surface area contributed by atoms with Crippen molar-refractivity contribution in [3.8, 4) is 5.75 Å². The first-order chi connectivity index (χ1) is 8.22. The van der Waals surface area contributed by atoms with E-state index < -0.39 is 6.10 Å². The van der Waals surface area contributed by atoms with Gasteiger partial charge in [-0.15, -0.1) is 0 Å². The minimum atomic E-state index is -0.570. The molecule has 96 valence electrons. The molecule has 2 unspecified atom stereocenters. The van der Waals surface area contributed by atoms with Gasteiger partial charge in [-0.25, -0.2) is 0 Å². The Morgan fingerprint density at radius 2 is 1.76 bits per heavy atom. The first-order valence-electron chi connectivity index (χ1n) is 5.97. The predicted octanol–water partition coefficient (Wildman–Crippen LogP) is 0.787. The molecule has 4 heteroatoms. The summed E-state index contributed by atoms with van der Waals surface area (Å²) in [5.41, 5.74) is 0. The van der Waals surface area contributed by atoms with Crippen molar-refractivity contribution in [2.45, 2.75) is 25.6 Å². The molecule has 4 nitrogen and oxygen atoms in total. The van der Waals surface area contributed by atoms with Gasteiger partial charge >= 0.3 is 0 Å². The van der Waals surface area contributed by atoms with Gasteiger partial charge in [-0.3, -0.25) is 0 Å². The van der Waals surface area contributed by atoms with Crippen molar-refractivity contribution in [3.63, 3.8) is 0 Å². The number of rotatable bonds is 8. The van der Waals surface area contributed by atoms with Gasteiger partial charge in [0.2, 0.25) is 0 Å². The number of nitrogens with one attached hydrogen (secondary N) is 1. The molecule has 1 aromatic rings. The van der Waals surface area contributed by atoms with E-state index in [-0.39, 0.29) is 12.7 Å². The van der Waals surface area contributed by atoms with E-state index in [0.717, 1.165) is 5.75 Å². The Hall–Kier alpha value is -1.10. The van der Waals surface area contributed by atoms with Gasteiger partial charge in [0.05, 0.1) is 6.10 Å². The molecule has 0 bridgehead atoms. The number of para-hydroxylation sites is 1. The molecule has 0 radical (unpaired) electrons. The molecule has 0 saturated heterocycles. The number of hydrogen-bond acceptors (Lipinski definition) is 4. The van der Waals surface area contributed by atoms with Crippen molar-refractivity contribution in [2.75, 3.05) is 19.7 Å². The van der Waals surface area contributed by atoms with Crippen LogP contribution >= 0.6 is 0 Å². The molecule has 0 aliphatic heterocycles. The summed E-state index contributed by atoms with van der Waals surface area (Å²) in [6.07, 6.45) is -0.208. The van der Waals surface area contributed by atoms with Crippen molar-refractivity contribution < 1.29 is 14.9 Å². The quantitative estimate of drug-likeness (QED) is 0.627. The van der Waals surface area contributed by atoms with Gasteiger partial charge < -0.3 is 20.3 Å². The van der Waals surface area contributed by atoms with Crippen LogP contribution in [0.15, 0.2) is 30.3 Å². The van der Waals surface area contributed by atoms with Gasteiger partial charge in [0.25, 0.3) is 0 Å². The molecule has 2 atom stereocenters. The zero-order valence-electron chi connectivity index (χ0n) is 10.2. The molecule has 0 fully saturated rings. The van der Waals surface area contributed by atoms with Gasteiger partial charge in [0, 0.05) is 13.1 Å². The van der Waals surface area contributed by atoms with E-state index in [1.165, 1.54) is 0 Å². The average molecular weight is 239 g/mol. The highest BCUT2D eigenvalue weighted by molar-refractivity contribution is 5.20. The van der Waals surface area contributed by atoms with Gasteiger partial charge in [-0.05, 0) is 18.6 Å². The van der Waals surface area contributed by atoms with Crippen LogP contribution in [0.25, 0.3) is 0 Å². The number of benzene rings is 1. The molecule has 17 heavy (non-hydrogen) atoms. The Morgan fingerprint density at radius 3 is 2.41 bits per heavy atom. The van der Waals surface area contributed by atoms with E-state index in [1.54, 1.807) is 0 Å². The highest BCUT2D eigenvalue weighted by Gasteiger charge is 2.06.